The van der Waals surface area contributed by atoms with Crippen LogP contribution >= 0.6 is 0 Å². The first-order chi connectivity index (χ1) is 12.0. The van der Waals surface area contributed by atoms with E-state index in [-0.39, 0.29) is 18.0 Å². The van der Waals surface area contributed by atoms with Crippen LogP contribution in [-0.2, 0) is 17.6 Å². The van der Waals surface area contributed by atoms with Crippen LogP contribution in [0.2, 0.25) is 0 Å². The fraction of sp³-hybridized carbons (Fsp3) is 0.500. The van der Waals surface area contributed by atoms with Crippen molar-refractivity contribution in [2.45, 2.75) is 45.7 Å². The van der Waals surface area contributed by atoms with E-state index in [1.54, 1.807) is 0 Å². The summed E-state index contributed by atoms with van der Waals surface area (Å²) in [7, 11) is 1.89. The number of amides is 1. The van der Waals surface area contributed by atoms with Gasteiger partial charge in [0.15, 0.2) is 5.82 Å². The van der Waals surface area contributed by atoms with Crippen LogP contribution in [0, 0.1) is 0 Å². The lowest BCUT2D eigenvalue weighted by molar-refractivity contribution is -0.119. The molecule has 2 atom stereocenters. The topological polar surface area (TPSA) is 89.3 Å². The number of rotatable bonds is 9. The third-order valence-electron chi connectivity index (χ3n) is 3.84. The van der Waals surface area contributed by atoms with Crippen molar-refractivity contribution >= 4 is 5.91 Å². The summed E-state index contributed by atoms with van der Waals surface area (Å²) < 4.78 is 11.0. The number of benzene rings is 1. The smallest absolute Gasteiger partial charge is 0.229 e. The SMILES string of the molecule is CCOc1ccccc1C(Cc1nc(CC(C)NC)no1)NC(C)=O. The van der Waals surface area contributed by atoms with Crippen LogP contribution in [0.4, 0.5) is 0 Å². The van der Waals surface area contributed by atoms with Gasteiger partial charge in [0, 0.05) is 24.9 Å². The molecule has 0 aliphatic carbocycles. The number of para-hydroxylation sites is 1. The van der Waals surface area contributed by atoms with Crippen molar-refractivity contribution in [3.05, 3.63) is 41.5 Å². The molecule has 0 fully saturated rings. The van der Waals surface area contributed by atoms with E-state index in [1.165, 1.54) is 6.92 Å². The first-order valence-corrected chi connectivity index (χ1v) is 8.51. The van der Waals surface area contributed by atoms with Gasteiger partial charge in [-0.2, -0.15) is 4.98 Å². The summed E-state index contributed by atoms with van der Waals surface area (Å²) in [5, 5.41) is 10.1. The van der Waals surface area contributed by atoms with Gasteiger partial charge in [0.2, 0.25) is 11.8 Å². The number of hydrogen-bond acceptors (Lipinski definition) is 6. The van der Waals surface area contributed by atoms with Crippen LogP contribution < -0.4 is 15.4 Å². The maximum Gasteiger partial charge on any atom is 0.229 e. The van der Waals surface area contributed by atoms with E-state index in [4.69, 9.17) is 9.26 Å². The average Bonchev–Trinajstić information content (AvgIpc) is 3.01. The van der Waals surface area contributed by atoms with Crippen LogP contribution in [0.1, 0.15) is 44.1 Å². The molecule has 1 aromatic heterocycles. The lowest BCUT2D eigenvalue weighted by Gasteiger charge is -2.19. The minimum absolute atomic E-state index is 0.125. The number of nitrogens with zero attached hydrogens (tertiary/aromatic N) is 2. The zero-order valence-electron chi connectivity index (χ0n) is 15.2. The molecule has 2 rings (SSSR count). The standard InChI is InChI=1S/C18H26N4O3/c1-5-24-16-9-7-6-8-14(16)15(20-13(3)23)11-18-21-17(22-25-18)10-12(2)19-4/h6-9,12,15,19H,5,10-11H2,1-4H3,(H,20,23). The molecule has 0 bridgehead atoms. The van der Waals surface area contributed by atoms with Crippen LogP contribution in [0.3, 0.4) is 0 Å². The monoisotopic (exact) mass is 346 g/mol. The van der Waals surface area contributed by atoms with Gasteiger partial charge >= 0.3 is 0 Å². The molecule has 1 amide bonds. The molecule has 0 radical (unpaired) electrons. The maximum atomic E-state index is 11.6. The number of nitrogens with one attached hydrogen (secondary N) is 2. The number of likely N-dealkylation sites (N-methyl/N-ethyl adjacent to an activating group) is 1. The maximum absolute atomic E-state index is 11.6. The summed E-state index contributed by atoms with van der Waals surface area (Å²) in [4.78, 5) is 16.1. The Hall–Kier alpha value is -2.41. The van der Waals surface area contributed by atoms with Crippen LogP contribution in [0.25, 0.3) is 0 Å². The molecule has 1 heterocycles. The van der Waals surface area contributed by atoms with E-state index in [0.29, 0.717) is 31.2 Å². The van der Waals surface area contributed by atoms with Crippen molar-refractivity contribution < 1.29 is 14.1 Å². The Balaban J connectivity index is 2.20. The van der Waals surface area contributed by atoms with Crippen molar-refractivity contribution in [1.29, 1.82) is 0 Å². The van der Waals surface area contributed by atoms with E-state index in [2.05, 4.69) is 27.7 Å². The molecule has 0 aliphatic heterocycles. The Labute approximate surface area is 148 Å². The summed E-state index contributed by atoms with van der Waals surface area (Å²) in [6.45, 7) is 6.02. The molecule has 2 aromatic rings. The number of ether oxygens (including phenoxy) is 1. The number of aromatic nitrogens is 2. The van der Waals surface area contributed by atoms with E-state index < -0.39 is 0 Å². The van der Waals surface area contributed by atoms with Gasteiger partial charge in [0.25, 0.3) is 0 Å². The predicted molar refractivity (Wildman–Crippen MR) is 94.4 cm³/mol. The summed E-state index contributed by atoms with van der Waals surface area (Å²) in [6.07, 6.45) is 1.09. The Morgan fingerprint density at radius 3 is 2.76 bits per heavy atom. The molecule has 136 valence electrons. The predicted octanol–water partition coefficient (Wildman–Crippen LogP) is 2.04. The lowest BCUT2D eigenvalue weighted by atomic mass is 10.0. The molecule has 7 nitrogen and oxygen atoms in total. The summed E-state index contributed by atoms with van der Waals surface area (Å²) in [6, 6.07) is 7.61. The van der Waals surface area contributed by atoms with Crippen LogP contribution in [0.15, 0.2) is 28.8 Å². The highest BCUT2D eigenvalue weighted by atomic mass is 16.5. The molecule has 2 unspecified atom stereocenters. The van der Waals surface area contributed by atoms with Crippen molar-refractivity contribution in [3.63, 3.8) is 0 Å². The van der Waals surface area contributed by atoms with E-state index in [0.717, 1.165) is 11.3 Å². The molecule has 2 N–H and O–H groups in total. The molecule has 1 aromatic carbocycles. The molecule has 0 saturated heterocycles. The van der Waals surface area contributed by atoms with Gasteiger partial charge in [-0.1, -0.05) is 23.4 Å². The van der Waals surface area contributed by atoms with Gasteiger partial charge < -0.3 is 19.9 Å². The summed E-state index contributed by atoms with van der Waals surface area (Å²) >= 11 is 0. The number of carbonyl (C=O) groups excluding carboxylic acids is 1. The zero-order valence-corrected chi connectivity index (χ0v) is 15.2. The zero-order chi connectivity index (χ0) is 18.2. The Bertz CT molecular complexity index is 686. The highest BCUT2D eigenvalue weighted by Crippen LogP contribution is 2.27. The Kier molecular flexibility index (Phi) is 6.94. The Morgan fingerprint density at radius 2 is 2.08 bits per heavy atom. The number of carbonyl (C=O) groups is 1. The van der Waals surface area contributed by atoms with Gasteiger partial charge in [-0.15, -0.1) is 0 Å². The number of hydrogen-bond donors (Lipinski definition) is 2. The van der Waals surface area contributed by atoms with Gasteiger partial charge in [-0.25, -0.2) is 0 Å². The van der Waals surface area contributed by atoms with Crippen LogP contribution in [0.5, 0.6) is 5.75 Å². The molecule has 25 heavy (non-hydrogen) atoms. The highest BCUT2D eigenvalue weighted by Gasteiger charge is 2.21. The largest absolute Gasteiger partial charge is 0.494 e. The normalized spacial score (nSPS) is 13.3. The van der Waals surface area contributed by atoms with Crippen molar-refractivity contribution in [1.82, 2.24) is 20.8 Å². The third kappa shape index (κ3) is 5.56. The van der Waals surface area contributed by atoms with E-state index in [9.17, 15) is 4.79 Å². The molecule has 7 heteroatoms. The minimum Gasteiger partial charge on any atom is -0.494 e. The van der Waals surface area contributed by atoms with E-state index >= 15 is 0 Å². The van der Waals surface area contributed by atoms with Gasteiger partial charge in [-0.05, 0) is 27.0 Å². The molecule has 0 spiro atoms. The van der Waals surface area contributed by atoms with Gasteiger partial charge in [0.1, 0.15) is 5.75 Å². The first-order valence-electron chi connectivity index (χ1n) is 8.51. The summed E-state index contributed by atoms with van der Waals surface area (Å²) in [5.41, 5.74) is 0.892. The highest BCUT2D eigenvalue weighted by molar-refractivity contribution is 5.73. The molecular formula is C18H26N4O3. The second-order valence-corrected chi connectivity index (χ2v) is 5.93. The first kappa shape index (κ1) is 18.9. The Morgan fingerprint density at radius 1 is 1.32 bits per heavy atom. The molecule has 0 saturated carbocycles. The third-order valence-corrected chi connectivity index (χ3v) is 3.84. The second-order valence-electron chi connectivity index (χ2n) is 5.93. The molecular weight excluding hydrogens is 320 g/mol. The quantitative estimate of drug-likeness (QED) is 0.722. The minimum atomic E-state index is -0.296. The van der Waals surface area contributed by atoms with Crippen molar-refractivity contribution in [3.8, 4) is 5.75 Å². The van der Waals surface area contributed by atoms with E-state index in [1.807, 2.05) is 38.2 Å². The fourth-order valence-electron chi connectivity index (χ4n) is 2.55. The second kappa shape index (κ2) is 9.17. The molecule has 0 aliphatic rings. The van der Waals surface area contributed by atoms with Gasteiger partial charge in [0.05, 0.1) is 19.1 Å². The summed E-state index contributed by atoms with van der Waals surface area (Å²) in [5.74, 6) is 1.76. The lowest BCUT2D eigenvalue weighted by Crippen LogP contribution is -2.28. The van der Waals surface area contributed by atoms with Crippen molar-refractivity contribution in [2.24, 2.45) is 0 Å². The fourth-order valence-corrected chi connectivity index (χ4v) is 2.55. The van der Waals surface area contributed by atoms with Crippen molar-refractivity contribution in [2.75, 3.05) is 13.7 Å². The average molecular weight is 346 g/mol. The van der Waals surface area contributed by atoms with Crippen LogP contribution in [-0.4, -0.2) is 35.7 Å². The van der Waals surface area contributed by atoms with Gasteiger partial charge in [-0.3, -0.25) is 4.79 Å².